The molecule has 2 aliphatic heterocycles. The topological polar surface area (TPSA) is 95.5 Å². The van der Waals surface area contributed by atoms with Crippen LogP contribution in [0.4, 0.5) is 10.3 Å². The van der Waals surface area contributed by atoms with Gasteiger partial charge in [-0.1, -0.05) is 30.3 Å². The summed E-state index contributed by atoms with van der Waals surface area (Å²) in [5.74, 6) is -1.97. The molecule has 3 aromatic carbocycles. The van der Waals surface area contributed by atoms with E-state index in [9.17, 15) is 14.7 Å². The van der Waals surface area contributed by atoms with Crippen molar-refractivity contribution in [2.24, 2.45) is 0 Å². The van der Waals surface area contributed by atoms with Gasteiger partial charge in [0.25, 0.3) is 5.78 Å². The number of ether oxygens (including phenoxy) is 1. The van der Waals surface area contributed by atoms with Crippen molar-refractivity contribution in [3.63, 3.8) is 0 Å². The quantitative estimate of drug-likeness (QED) is 0.259. The van der Waals surface area contributed by atoms with E-state index in [-0.39, 0.29) is 22.8 Å². The number of hydrogen-bond acceptors (Lipinski definition) is 5. The maximum absolute atomic E-state index is 15.1. The number of benzene rings is 3. The van der Waals surface area contributed by atoms with Crippen molar-refractivity contribution in [3.05, 3.63) is 94.8 Å². The van der Waals surface area contributed by atoms with E-state index in [1.165, 1.54) is 18.2 Å². The molecule has 0 bridgehead atoms. The van der Waals surface area contributed by atoms with Gasteiger partial charge in [-0.05, 0) is 54.8 Å². The lowest BCUT2D eigenvalue weighted by Gasteiger charge is -2.23. The maximum Gasteiger partial charge on any atom is 0.302 e. The number of halogens is 1. The third-order valence-electron chi connectivity index (χ3n) is 6.43. The summed E-state index contributed by atoms with van der Waals surface area (Å²) in [6.45, 7) is 0.619. The highest BCUT2D eigenvalue weighted by Crippen LogP contribution is 2.43. The molecule has 35 heavy (non-hydrogen) atoms. The number of anilines is 1. The van der Waals surface area contributed by atoms with Gasteiger partial charge in [0.05, 0.1) is 23.2 Å². The van der Waals surface area contributed by atoms with Crippen LogP contribution in [0.5, 0.6) is 5.75 Å². The number of rotatable bonds is 3. The Labute approximate surface area is 199 Å². The number of para-hydroxylation sites is 2. The van der Waals surface area contributed by atoms with Crippen LogP contribution in [0.25, 0.3) is 16.8 Å². The van der Waals surface area contributed by atoms with Crippen LogP contribution in [0, 0.1) is 5.82 Å². The molecule has 8 heteroatoms. The average molecular weight is 469 g/mol. The number of nitrogens with zero attached hydrogens (tertiary/aromatic N) is 2. The first kappa shape index (κ1) is 21.1. The third-order valence-corrected chi connectivity index (χ3v) is 6.43. The second kappa shape index (κ2) is 8.09. The minimum Gasteiger partial charge on any atom is -0.507 e. The molecule has 7 nitrogen and oxygen atoms in total. The smallest absolute Gasteiger partial charge is 0.302 e. The molecule has 1 aromatic heterocycles. The number of amides is 1. The van der Waals surface area contributed by atoms with Gasteiger partial charge in [-0.3, -0.25) is 14.5 Å². The predicted molar refractivity (Wildman–Crippen MR) is 128 cm³/mol. The third kappa shape index (κ3) is 3.37. The number of aromatic amines is 1. The van der Waals surface area contributed by atoms with E-state index in [2.05, 4.69) is 9.97 Å². The monoisotopic (exact) mass is 469 g/mol. The standard InChI is InChI=1S/C27H20FN3O4/c28-18-8-2-1-7-17(18)23-22(24(32)16-11-12-21-15(14-16)6-5-13-35-21)25(33)26(34)31(23)27-29-19-9-3-4-10-20(19)30-27/h1-4,7-12,14,23,32H,5-6,13H2,(H,29,30)/b24-22+. The minimum absolute atomic E-state index is 0.0787. The number of fused-ring (bicyclic) bond motifs is 2. The molecule has 1 atom stereocenters. The molecule has 1 fully saturated rings. The van der Waals surface area contributed by atoms with Crippen LogP contribution in [-0.2, 0) is 16.0 Å². The summed E-state index contributed by atoms with van der Waals surface area (Å²) in [4.78, 5) is 35.2. The first-order valence-electron chi connectivity index (χ1n) is 11.3. The molecule has 2 aliphatic rings. The van der Waals surface area contributed by atoms with E-state index >= 15 is 4.39 Å². The van der Waals surface area contributed by atoms with Gasteiger partial charge in [-0.2, -0.15) is 0 Å². The Morgan fingerprint density at radius 2 is 1.89 bits per heavy atom. The Hall–Kier alpha value is -4.46. The van der Waals surface area contributed by atoms with Crippen molar-refractivity contribution in [1.29, 1.82) is 0 Å². The molecular formula is C27H20FN3O4. The van der Waals surface area contributed by atoms with Crippen LogP contribution < -0.4 is 9.64 Å². The van der Waals surface area contributed by atoms with Gasteiger partial charge in [-0.15, -0.1) is 0 Å². The van der Waals surface area contributed by atoms with Crippen molar-refractivity contribution in [3.8, 4) is 5.75 Å². The number of aliphatic hydroxyl groups excluding tert-OH is 1. The zero-order valence-electron chi connectivity index (χ0n) is 18.5. The Morgan fingerprint density at radius 3 is 2.71 bits per heavy atom. The number of nitrogens with one attached hydrogen (secondary N) is 1. The minimum atomic E-state index is -1.20. The van der Waals surface area contributed by atoms with Crippen molar-refractivity contribution >= 4 is 34.4 Å². The molecule has 0 saturated carbocycles. The number of ketones is 1. The summed E-state index contributed by atoms with van der Waals surface area (Å²) in [6.07, 6.45) is 1.60. The van der Waals surface area contributed by atoms with Crippen LogP contribution in [0.3, 0.4) is 0 Å². The van der Waals surface area contributed by atoms with Gasteiger partial charge < -0.3 is 14.8 Å². The van der Waals surface area contributed by atoms with Gasteiger partial charge in [0.15, 0.2) is 0 Å². The average Bonchev–Trinajstić information content (AvgIpc) is 3.42. The number of H-pyrrole nitrogens is 1. The number of carbonyl (C=O) groups excluding carboxylic acids is 2. The summed E-state index contributed by atoms with van der Waals surface area (Å²) in [7, 11) is 0. The van der Waals surface area contributed by atoms with Crippen LogP contribution in [0.2, 0.25) is 0 Å². The number of aromatic nitrogens is 2. The van der Waals surface area contributed by atoms with E-state index in [1.54, 1.807) is 42.5 Å². The Kier molecular flexibility index (Phi) is 4.88. The molecule has 1 amide bonds. The van der Waals surface area contributed by atoms with Gasteiger partial charge >= 0.3 is 5.91 Å². The predicted octanol–water partition coefficient (Wildman–Crippen LogP) is 4.65. The number of aryl methyl sites for hydroxylation is 1. The molecule has 1 unspecified atom stereocenters. The van der Waals surface area contributed by atoms with E-state index in [0.29, 0.717) is 23.2 Å². The molecule has 174 valence electrons. The van der Waals surface area contributed by atoms with Gasteiger partial charge in [0.1, 0.15) is 23.4 Å². The Morgan fingerprint density at radius 1 is 1.09 bits per heavy atom. The number of carbonyl (C=O) groups is 2. The zero-order chi connectivity index (χ0) is 24.1. The molecule has 4 aromatic rings. The van der Waals surface area contributed by atoms with Gasteiger partial charge in [0, 0.05) is 11.1 Å². The highest BCUT2D eigenvalue weighted by atomic mass is 19.1. The molecule has 3 heterocycles. The summed E-state index contributed by atoms with van der Waals surface area (Å²) in [6, 6.07) is 17.0. The molecule has 1 saturated heterocycles. The summed E-state index contributed by atoms with van der Waals surface area (Å²) >= 11 is 0. The van der Waals surface area contributed by atoms with Crippen molar-refractivity contribution < 1.29 is 23.8 Å². The lowest BCUT2D eigenvalue weighted by atomic mass is 9.94. The fourth-order valence-electron chi connectivity index (χ4n) is 4.76. The van der Waals surface area contributed by atoms with E-state index in [4.69, 9.17) is 4.74 Å². The van der Waals surface area contributed by atoms with Crippen molar-refractivity contribution in [2.45, 2.75) is 18.9 Å². The Bertz CT molecular complexity index is 1510. The molecule has 0 radical (unpaired) electrons. The lowest BCUT2D eigenvalue weighted by molar-refractivity contribution is -0.132. The fourth-order valence-corrected chi connectivity index (χ4v) is 4.76. The van der Waals surface area contributed by atoms with Crippen molar-refractivity contribution in [2.75, 3.05) is 11.5 Å². The molecule has 0 aliphatic carbocycles. The van der Waals surface area contributed by atoms with Gasteiger partial charge in [-0.25, -0.2) is 9.37 Å². The first-order chi connectivity index (χ1) is 17.0. The first-order valence-corrected chi connectivity index (χ1v) is 11.3. The highest BCUT2D eigenvalue weighted by molar-refractivity contribution is 6.51. The summed E-state index contributed by atoms with van der Waals surface area (Å²) < 4.78 is 20.7. The second-order valence-electron chi connectivity index (χ2n) is 8.54. The van der Waals surface area contributed by atoms with E-state index in [1.807, 2.05) is 6.07 Å². The number of hydrogen-bond donors (Lipinski definition) is 2. The number of Topliss-reactive ketones (excluding diaryl/α,β-unsaturated/α-hetero) is 1. The van der Waals surface area contributed by atoms with Crippen molar-refractivity contribution in [1.82, 2.24) is 9.97 Å². The largest absolute Gasteiger partial charge is 0.507 e. The van der Waals surface area contributed by atoms with Crippen LogP contribution in [0.1, 0.15) is 29.2 Å². The summed E-state index contributed by atoms with van der Waals surface area (Å²) in [5.41, 5.74) is 2.39. The highest BCUT2D eigenvalue weighted by Gasteiger charge is 2.49. The Balaban J connectivity index is 1.56. The summed E-state index contributed by atoms with van der Waals surface area (Å²) in [5, 5.41) is 11.3. The van der Waals surface area contributed by atoms with E-state index in [0.717, 1.165) is 29.1 Å². The van der Waals surface area contributed by atoms with Crippen LogP contribution in [-0.4, -0.2) is 33.4 Å². The number of aliphatic hydroxyl groups is 1. The fraction of sp³-hybridized carbons (Fsp3) is 0.148. The van der Waals surface area contributed by atoms with E-state index < -0.39 is 23.5 Å². The number of imidazole rings is 1. The molecule has 6 rings (SSSR count). The van der Waals surface area contributed by atoms with Gasteiger partial charge in [0.2, 0.25) is 5.95 Å². The lowest BCUT2D eigenvalue weighted by Crippen LogP contribution is -2.30. The van der Waals surface area contributed by atoms with Crippen LogP contribution in [0.15, 0.2) is 72.3 Å². The zero-order valence-corrected chi connectivity index (χ0v) is 18.5. The molecular weight excluding hydrogens is 449 g/mol. The normalized spacial score (nSPS) is 19.1. The van der Waals surface area contributed by atoms with Crippen LogP contribution >= 0.6 is 0 Å². The molecule has 0 spiro atoms. The molecule has 2 N–H and O–H groups in total. The maximum atomic E-state index is 15.1. The second-order valence-corrected chi connectivity index (χ2v) is 8.54. The SMILES string of the molecule is O=C1C(=O)N(c2nc3ccccc3[nH]2)C(c2ccccc2F)/C1=C(\O)c1ccc2c(c1)CCCO2.